The molecule has 0 unspecified atom stereocenters. The van der Waals surface area contributed by atoms with Gasteiger partial charge < -0.3 is 14.6 Å². The zero-order valence-corrected chi connectivity index (χ0v) is 11.6. The fourth-order valence-electron chi connectivity index (χ4n) is 1.49. The summed E-state index contributed by atoms with van der Waals surface area (Å²) in [4.78, 5) is 17.8. The molecule has 1 amide bonds. The van der Waals surface area contributed by atoms with Crippen LogP contribution in [-0.4, -0.2) is 25.0 Å². The Morgan fingerprint density at radius 3 is 2.78 bits per heavy atom. The number of hydrogen-bond donors (Lipinski definition) is 1. The quantitative estimate of drug-likeness (QED) is 0.947. The summed E-state index contributed by atoms with van der Waals surface area (Å²) >= 11 is 3.16. The van der Waals surface area contributed by atoms with Crippen molar-refractivity contribution in [3.63, 3.8) is 0 Å². The molecule has 0 aliphatic heterocycles. The van der Waals surface area contributed by atoms with Gasteiger partial charge in [-0.1, -0.05) is 0 Å². The van der Waals surface area contributed by atoms with Gasteiger partial charge in [-0.2, -0.15) is 0 Å². The number of hydrogen-bond acceptors (Lipinski definition) is 4. The van der Waals surface area contributed by atoms with E-state index in [4.69, 9.17) is 4.42 Å². The Balaban J connectivity index is 2.22. The Morgan fingerprint density at radius 2 is 2.17 bits per heavy atom. The number of amides is 1. The molecule has 0 saturated heterocycles. The molecule has 0 fully saturated rings. The summed E-state index contributed by atoms with van der Waals surface area (Å²) in [6.07, 6.45) is 3.28. The maximum atomic E-state index is 11.9. The van der Waals surface area contributed by atoms with Crippen LogP contribution in [0.2, 0.25) is 0 Å². The van der Waals surface area contributed by atoms with Crippen molar-refractivity contribution < 1.29 is 9.21 Å². The first-order chi connectivity index (χ1) is 8.58. The second-order valence-electron chi connectivity index (χ2n) is 3.85. The van der Waals surface area contributed by atoms with Gasteiger partial charge in [-0.25, -0.2) is 0 Å². The highest BCUT2D eigenvalue weighted by Gasteiger charge is 2.13. The summed E-state index contributed by atoms with van der Waals surface area (Å²) in [5, 5.41) is 2.76. The minimum absolute atomic E-state index is 0.246. The van der Waals surface area contributed by atoms with Gasteiger partial charge >= 0.3 is 0 Å². The first kappa shape index (κ1) is 12.6. The molecule has 0 aromatic carbocycles. The van der Waals surface area contributed by atoms with E-state index in [9.17, 15) is 4.79 Å². The summed E-state index contributed by atoms with van der Waals surface area (Å²) in [7, 11) is 3.79. The van der Waals surface area contributed by atoms with Gasteiger partial charge in [0.1, 0.15) is 0 Å². The highest BCUT2D eigenvalue weighted by Crippen LogP contribution is 2.23. The predicted molar refractivity (Wildman–Crippen MR) is 72.9 cm³/mol. The Morgan fingerprint density at radius 1 is 1.39 bits per heavy atom. The molecule has 2 aromatic heterocycles. The van der Waals surface area contributed by atoms with Crippen LogP contribution in [0.25, 0.3) is 0 Å². The molecule has 5 nitrogen and oxygen atoms in total. The third-order valence-corrected chi connectivity index (χ3v) is 2.75. The maximum absolute atomic E-state index is 11.9. The van der Waals surface area contributed by atoms with Crippen LogP contribution >= 0.6 is 15.9 Å². The minimum Gasteiger partial charge on any atom is -0.444 e. The molecule has 0 radical (unpaired) electrons. The van der Waals surface area contributed by atoms with Crippen LogP contribution in [0, 0.1) is 0 Å². The monoisotopic (exact) mass is 309 g/mol. The Hall–Kier alpha value is -1.82. The first-order valence-corrected chi connectivity index (χ1v) is 6.05. The van der Waals surface area contributed by atoms with Crippen LogP contribution in [-0.2, 0) is 0 Å². The number of rotatable bonds is 3. The lowest BCUT2D eigenvalue weighted by molar-refractivity contribution is 0.0995. The molecule has 2 rings (SSSR count). The van der Waals surface area contributed by atoms with Gasteiger partial charge in [-0.3, -0.25) is 9.78 Å². The summed E-state index contributed by atoms with van der Waals surface area (Å²) in [6, 6.07) is 5.10. The third-order valence-electron chi connectivity index (χ3n) is 2.33. The average molecular weight is 310 g/mol. The van der Waals surface area contributed by atoms with Gasteiger partial charge in [0.05, 0.1) is 17.6 Å². The van der Waals surface area contributed by atoms with Crippen LogP contribution in [0.4, 0.5) is 11.4 Å². The molecule has 0 atom stereocenters. The van der Waals surface area contributed by atoms with Crippen molar-refractivity contribution in [2.75, 3.05) is 24.3 Å². The number of carbonyl (C=O) groups is 1. The predicted octanol–water partition coefficient (Wildman–Crippen LogP) is 2.76. The first-order valence-electron chi connectivity index (χ1n) is 5.26. The van der Waals surface area contributed by atoms with Gasteiger partial charge in [-0.15, -0.1) is 0 Å². The van der Waals surface area contributed by atoms with E-state index in [-0.39, 0.29) is 11.7 Å². The highest BCUT2D eigenvalue weighted by atomic mass is 79.9. The van der Waals surface area contributed by atoms with Crippen LogP contribution in [0.15, 0.2) is 39.7 Å². The smallest absolute Gasteiger partial charge is 0.291 e. The van der Waals surface area contributed by atoms with Crippen molar-refractivity contribution in [1.29, 1.82) is 0 Å². The van der Waals surface area contributed by atoms with Gasteiger partial charge in [-0.05, 0) is 34.1 Å². The lowest BCUT2D eigenvalue weighted by Gasteiger charge is -2.16. The van der Waals surface area contributed by atoms with Crippen molar-refractivity contribution >= 4 is 33.2 Å². The van der Waals surface area contributed by atoms with Crippen molar-refractivity contribution in [2.24, 2.45) is 0 Å². The Labute approximate surface area is 113 Å². The number of carbonyl (C=O) groups excluding carboxylic acids is 1. The number of aromatic nitrogens is 1. The number of pyridine rings is 1. The van der Waals surface area contributed by atoms with E-state index in [2.05, 4.69) is 26.2 Å². The van der Waals surface area contributed by atoms with E-state index >= 15 is 0 Å². The summed E-state index contributed by atoms with van der Waals surface area (Å²) < 4.78 is 5.71. The lowest BCUT2D eigenvalue weighted by atomic mass is 10.3. The summed E-state index contributed by atoms with van der Waals surface area (Å²) in [5.41, 5.74) is 1.52. The van der Waals surface area contributed by atoms with Gasteiger partial charge in [0, 0.05) is 20.3 Å². The normalized spacial score (nSPS) is 10.2. The van der Waals surface area contributed by atoms with E-state index in [0.717, 1.165) is 5.69 Å². The number of anilines is 2. The average Bonchev–Trinajstić information content (AvgIpc) is 2.76. The maximum Gasteiger partial charge on any atom is 0.291 e. The minimum atomic E-state index is -0.309. The third kappa shape index (κ3) is 2.70. The molecule has 2 aromatic rings. The zero-order valence-electron chi connectivity index (χ0n) is 9.98. The Kier molecular flexibility index (Phi) is 3.66. The van der Waals surface area contributed by atoms with E-state index in [0.29, 0.717) is 10.4 Å². The molecular weight excluding hydrogens is 298 g/mol. The molecule has 0 bridgehead atoms. The van der Waals surface area contributed by atoms with Crippen molar-refractivity contribution in [3.05, 3.63) is 41.0 Å². The zero-order chi connectivity index (χ0) is 13.1. The molecule has 0 aliphatic rings. The van der Waals surface area contributed by atoms with Crippen molar-refractivity contribution in [1.82, 2.24) is 4.98 Å². The van der Waals surface area contributed by atoms with Crippen molar-refractivity contribution in [3.8, 4) is 0 Å². The molecule has 0 spiro atoms. The second-order valence-corrected chi connectivity index (χ2v) is 4.63. The lowest BCUT2D eigenvalue weighted by Crippen LogP contribution is -2.16. The van der Waals surface area contributed by atoms with E-state index < -0.39 is 0 Å². The van der Waals surface area contributed by atoms with Crippen LogP contribution < -0.4 is 10.2 Å². The fourth-order valence-corrected chi connectivity index (χ4v) is 1.80. The molecule has 0 aliphatic carbocycles. The molecule has 94 valence electrons. The highest BCUT2D eigenvalue weighted by molar-refractivity contribution is 9.10. The summed E-state index contributed by atoms with van der Waals surface area (Å²) in [6.45, 7) is 0. The molecule has 2 heterocycles. The van der Waals surface area contributed by atoms with Crippen molar-refractivity contribution in [2.45, 2.75) is 0 Å². The number of nitrogens with zero attached hydrogens (tertiary/aromatic N) is 2. The van der Waals surface area contributed by atoms with E-state index in [1.54, 1.807) is 24.5 Å². The summed E-state index contributed by atoms with van der Waals surface area (Å²) in [5.74, 6) is -0.0627. The van der Waals surface area contributed by atoms with Crippen LogP contribution in [0.5, 0.6) is 0 Å². The Bertz CT molecular complexity index is 566. The number of halogens is 1. The molecular formula is C12H12BrN3O2. The second kappa shape index (κ2) is 5.22. The van der Waals surface area contributed by atoms with Crippen LogP contribution in [0.1, 0.15) is 10.6 Å². The number of furan rings is 1. The molecule has 6 heteroatoms. The van der Waals surface area contributed by atoms with Crippen LogP contribution in [0.3, 0.4) is 0 Å². The molecule has 0 saturated carbocycles. The van der Waals surface area contributed by atoms with Gasteiger partial charge in [0.25, 0.3) is 5.91 Å². The van der Waals surface area contributed by atoms with Gasteiger partial charge in [0.2, 0.25) is 0 Å². The molecule has 18 heavy (non-hydrogen) atoms. The largest absolute Gasteiger partial charge is 0.444 e. The van der Waals surface area contributed by atoms with Gasteiger partial charge in [0.15, 0.2) is 10.4 Å². The molecule has 1 N–H and O–H groups in total. The topological polar surface area (TPSA) is 58.4 Å². The number of nitrogens with one attached hydrogen (secondary N) is 1. The van der Waals surface area contributed by atoms with E-state index in [1.165, 1.54) is 0 Å². The standard InChI is InChI=1S/C12H12BrN3O2/c1-16(2)9-5-6-14-7-8(9)15-12(17)10-3-4-11(13)18-10/h3-7H,1-2H3,(H,15,17). The fraction of sp³-hybridized carbons (Fsp3) is 0.167. The SMILES string of the molecule is CN(C)c1ccncc1NC(=O)c1ccc(Br)o1. The van der Waals surface area contributed by atoms with E-state index in [1.807, 2.05) is 25.1 Å².